The average molecular weight is 370 g/mol. The van der Waals surface area contributed by atoms with Gasteiger partial charge in [0.1, 0.15) is 11.4 Å². The van der Waals surface area contributed by atoms with Crippen LogP contribution in [0, 0.1) is 0 Å². The standard InChI is InChI=1S/C24H22N2O2/c1-28-21-12-13-22-20(14-21)15-23(25-22)24(27)26(16-18-8-4-2-5-9-18)17-19-10-6-3-7-11-19/h2-15,25H,16-17H2,1H3. The second kappa shape index (κ2) is 8.01. The van der Waals surface area contributed by atoms with Crippen molar-refractivity contribution >= 4 is 16.8 Å². The highest BCUT2D eigenvalue weighted by molar-refractivity contribution is 5.98. The van der Waals surface area contributed by atoms with E-state index in [0.29, 0.717) is 18.8 Å². The maximum Gasteiger partial charge on any atom is 0.270 e. The minimum Gasteiger partial charge on any atom is -0.497 e. The maximum atomic E-state index is 13.3. The molecule has 0 unspecified atom stereocenters. The third-order valence-corrected chi connectivity index (χ3v) is 4.78. The lowest BCUT2D eigenvalue weighted by atomic mass is 10.1. The number of aromatic nitrogens is 1. The summed E-state index contributed by atoms with van der Waals surface area (Å²) in [5, 5.41) is 0.960. The van der Waals surface area contributed by atoms with Crippen molar-refractivity contribution in [3.05, 3.63) is 102 Å². The first kappa shape index (κ1) is 17.9. The number of ether oxygens (including phenoxy) is 1. The minimum atomic E-state index is -0.0251. The summed E-state index contributed by atoms with van der Waals surface area (Å²) in [6, 6.07) is 27.8. The monoisotopic (exact) mass is 370 g/mol. The zero-order chi connectivity index (χ0) is 19.3. The highest BCUT2D eigenvalue weighted by Crippen LogP contribution is 2.23. The first-order valence-electron chi connectivity index (χ1n) is 9.27. The summed E-state index contributed by atoms with van der Waals surface area (Å²) in [5.41, 5.74) is 3.70. The number of nitrogens with zero attached hydrogens (tertiary/aromatic N) is 1. The molecule has 4 nitrogen and oxygen atoms in total. The molecule has 1 aromatic heterocycles. The molecule has 0 bridgehead atoms. The van der Waals surface area contributed by atoms with Crippen LogP contribution in [0.25, 0.3) is 10.9 Å². The predicted molar refractivity (Wildman–Crippen MR) is 111 cm³/mol. The summed E-state index contributed by atoms with van der Waals surface area (Å²) in [7, 11) is 1.64. The van der Waals surface area contributed by atoms with Crippen LogP contribution in [-0.2, 0) is 13.1 Å². The van der Waals surface area contributed by atoms with Crippen LogP contribution in [0.1, 0.15) is 21.6 Å². The Balaban J connectivity index is 1.65. The zero-order valence-electron chi connectivity index (χ0n) is 15.8. The number of fused-ring (bicyclic) bond motifs is 1. The van der Waals surface area contributed by atoms with Crippen molar-refractivity contribution in [2.24, 2.45) is 0 Å². The van der Waals surface area contributed by atoms with E-state index in [1.807, 2.05) is 89.8 Å². The first-order chi connectivity index (χ1) is 13.7. The molecule has 140 valence electrons. The molecule has 0 atom stereocenters. The quantitative estimate of drug-likeness (QED) is 0.518. The van der Waals surface area contributed by atoms with E-state index in [-0.39, 0.29) is 5.91 Å². The molecule has 0 spiro atoms. The molecule has 1 N–H and O–H groups in total. The van der Waals surface area contributed by atoms with Gasteiger partial charge in [0, 0.05) is 24.0 Å². The molecule has 1 amide bonds. The number of hydrogen-bond donors (Lipinski definition) is 1. The van der Waals surface area contributed by atoms with Gasteiger partial charge < -0.3 is 14.6 Å². The van der Waals surface area contributed by atoms with Gasteiger partial charge in [-0.1, -0.05) is 60.7 Å². The number of nitrogens with one attached hydrogen (secondary N) is 1. The van der Waals surface area contributed by atoms with E-state index >= 15 is 0 Å². The molecular weight excluding hydrogens is 348 g/mol. The normalized spacial score (nSPS) is 10.8. The molecular formula is C24H22N2O2. The van der Waals surface area contributed by atoms with Crippen LogP contribution in [-0.4, -0.2) is 22.9 Å². The summed E-state index contributed by atoms with van der Waals surface area (Å²) in [6.07, 6.45) is 0. The van der Waals surface area contributed by atoms with Crippen molar-refractivity contribution in [2.75, 3.05) is 7.11 Å². The van der Waals surface area contributed by atoms with E-state index in [2.05, 4.69) is 4.98 Å². The highest BCUT2D eigenvalue weighted by Gasteiger charge is 2.19. The molecule has 0 aliphatic heterocycles. The molecule has 1 heterocycles. The molecule has 0 saturated carbocycles. The van der Waals surface area contributed by atoms with E-state index in [1.54, 1.807) is 7.11 Å². The van der Waals surface area contributed by atoms with Crippen molar-refractivity contribution in [2.45, 2.75) is 13.1 Å². The third kappa shape index (κ3) is 3.91. The number of carbonyl (C=O) groups excluding carboxylic acids is 1. The predicted octanol–water partition coefficient (Wildman–Crippen LogP) is 5.02. The Morgan fingerprint density at radius 2 is 1.46 bits per heavy atom. The smallest absolute Gasteiger partial charge is 0.270 e. The van der Waals surface area contributed by atoms with E-state index < -0.39 is 0 Å². The lowest BCUT2D eigenvalue weighted by molar-refractivity contribution is 0.0725. The molecule has 0 aliphatic rings. The van der Waals surface area contributed by atoms with Crippen molar-refractivity contribution in [3.63, 3.8) is 0 Å². The largest absolute Gasteiger partial charge is 0.497 e. The van der Waals surface area contributed by atoms with Crippen LogP contribution in [0.15, 0.2) is 84.9 Å². The molecule has 4 heteroatoms. The summed E-state index contributed by atoms with van der Waals surface area (Å²) in [6.45, 7) is 1.10. The fourth-order valence-corrected chi connectivity index (χ4v) is 3.33. The average Bonchev–Trinajstić information content (AvgIpc) is 3.17. The number of aromatic amines is 1. The summed E-state index contributed by atoms with van der Waals surface area (Å²) >= 11 is 0. The Kier molecular flexibility index (Phi) is 5.11. The summed E-state index contributed by atoms with van der Waals surface area (Å²) < 4.78 is 5.29. The number of hydrogen-bond acceptors (Lipinski definition) is 2. The van der Waals surface area contributed by atoms with E-state index in [0.717, 1.165) is 27.8 Å². The number of rotatable bonds is 6. The van der Waals surface area contributed by atoms with Crippen molar-refractivity contribution in [3.8, 4) is 5.75 Å². The SMILES string of the molecule is COc1ccc2[nH]c(C(=O)N(Cc3ccccc3)Cc3ccccc3)cc2c1. The molecule has 0 saturated heterocycles. The van der Waals surface area contributed by atoms with Gasteiger partial charge in [0.15, 0.2) is 0 Å². The molecule has 28 heavy (non-hydrogen) atoms. The highest BCUT2D eigenvalue weighted by atomic mass is 16.5. The molecule has 0 fully saturated rings. The second-order valence-corrected chi connectivity index (χ2v) is 6.77. The number of methoxy groups -OCH3 is 1. The Morgan fingerprint density at radius 1 is 0.857 bits per heavy atom. The Morgan fingerprint density at radius 3 is 2.04 bits per heavy atom. The van der Waals surface area contributed by atoms with Crippen molar-refractivity contribution in [1.29, 1.82) is 0 Å². The van der Waals surface area contributed by atoms with Gasteiger partial charge >= 0.3 is 0 Å². The van der Waals surface area contributed by atoms with Gasteiger partial charge in [0.2, 0.25) is 0 Å². The number of benzene rings is 3. The van der Waals surface area contributed by atoms with Gasteiger partial charge in [0.05, 0.1) is 7.11 Å². The third-order valence-electron chi connectivity index (χ3n) is 4.78. The minimum absolute atomic E-state index is 0.0251. The summed E-state index contributed by atoms with van der Waals surface area (Å²) in [5.74, 6) is 0.749. The van der Waals surface area contributed by atoms with Crippen LogP contribution in [0.2, 0.25) is 0 Å². The first-order valence-corrected chi connectivity index (χ1v) is 9.27. The molecule has 0 radical (unpaired) electrons. The lowest BCUT2D eigenvalue weighted by Crippen LogP contribution is -2.30. The topological polar surface area (TPSA) is 45.3 Å². The number of amides is 1. The van der Waals surface area contributed by atoms with Gasteiger partial charge in [-0.2, -0.15) is 0 Å². The van der Waals surface area contributed by atoms with Crippen LogP contribution >= 0.6 is 0 Å². The Labute approximate surface area is 164 Å². The molecule has 4 rings (SSSR count). The fourth-order valence-electron chi connectivity index (χ4n) is 3.33. The van der Waals surface area contributed by atoms with Gasteiger partial charge in [-0.3, -0.25) is 4.79 Å². The molecule has 3 aromatic carbocycles. The van der Waals surface area contributed by atoms with E-state index in [1.165, 1.54) is 0 Å². The fraction of sp³-hybridized carbons (Fsp3) is 0.125. The maximum absolute atomic E-state index is 13.3. The zero-order valence-corrected chi connectivity index (χ0v) is 15.8. The van der Waals surface area contributed by atoms with Gasteiger partial charge in [-0.05, 0) is 35.4 Å². The second-order valence-electron chi connectivity index (χ2n) is 6.77. The van der Waals surface area contributed by atoms with Gasteiger partial charge in [-0.25, -0.2) is 0 Å². The number of carbonyl (C=O) groups is 1. The Bertz CT molecular complexity index is 1030. The lowest BCUT2D eigenvalue weighted by Gasteiger charge is -2.22. The molecule has 0 aliphatic carbocycles. The molecule has 4 aromatic rings. The van der Waals surface area contributed by atoms with Gasteiger partial charge in [-0.15, -0.1) is 0 Å². The van der Waals surface area contributed by atoms with E-state index in [9.17, 15) is 4.79 Å². The number of H-pyrrole nitrogens is 1. The van der Waals surface area contributed by atoms with Crippen molar-refractivity contribution < 1.29 is 9.53 Å². The van der Waals surface area contributed by atoms with Crippen LogP contribution in [0.5, 0.6) is 5.75 Å². The van der Waals surface area contributed by atoms with Crippen LogP contribution < -0.4 is 4.74 Å². The van der Waals surface area contributed by atoms with E-state index in [4.69, 9.17) is 4.74 Å². The summed E-state index contributed by atoms with van der Waals surface area (Å²) in [4.78, 5) is 18.5. The van der Waals surface area contributed by atoms with Gasteiger partial charge in [0.25, 0.3) is 5.91 Å². The van der Waals surface area contributed by atoms with Crippen LogP contribution in [0.4, 0.5) is 0 Å². The Hall–Kier alpha value is -3.53. The van der Waals surface area contributed by atoms with Crippen molar-refractivity contribution in [1.82, 2.24) is 9.88 Å². The van der Waals surface area contributed by atoms with Crippen LogP contribution in [0.3, 0.4) is 0 Å².